The summed E-state index contributed by atoms with van der Waals surface area (Å²) in [4.78, 5) is 27.6. The van der Waals surface area contributed by atoms with Crippen molar-refractivity contribution in [2.45, 2.75) is 58.2 Å². The Bertz CT molecular complexity index is 893. The van der Waals surface area contributed by atoms with E-state index < -0.39 is 6.04 Å². The van der Waals surface area contributed by atoms with Crippen molar-refractivity contribution in [3.63, 3.8) is 0 Å². The molecule has 2 amide bonds. The summed E-state index contributed by atoms with van der Waals surface area (Å²) in [6.07, 6.45) is 4.27. The minimum atomic E-state index is -0.611. The van der Waals surface area contributed by atoms with Gasteiger partial charge in [-0.1, -0.05) is 37.1 Å². The van der Waals surface area contributed by atoms with Crippen LogP contribution in [-0.2, 0) is 16.1 Å². The van der Waals surface area contributed by atoms with Crippen molar-refractivity contribution in [3.05, 3.63) is 59.7 Å². The van der Waals surface area contributed by atoms with E-state index in [1.165, 1.54) is 0 Å². The summed E-state index contributed by atoms with van der Waals surface area (Å²) >= 11 is 0. The molecule has 6 nitrogen and oxygen atoms in total. The maximum Gasteiger partial charge on any atom is 0.261 e. The van der Waals surface area contributed by atoms with E-state index in [1.54, 1.807) is 18.9 Å². The smallest absolute Gasteiger partial charge is 0.261 e. The van der Waals surface area contributed by atoms with Crippen molar-refractivity contribution in [2.24, 2.45) is 0 Å². The summed E-state index contributed by atoms with van der Waals surface area (Å²) in [5.74, 6) is 0.985. The minimum absolute atomic E-state index is 0.126. The number of carbonyl (C=O) groups excluding carboxylic acids is 2. The van der Waals surface area contributed by atoms with Crippen LogP contribution < -0.4 is 14.8 Å². The predicted octanol–water partition coefficient (Wildman–Crippen LogP) is 3.86. The molecular weight excluding hydrogens is 392 g/mol. The number of amides is 2. The Morgan fingerprint density at radius 3 is 2.52 bits per heavy atom. The first-order chi connectivity index (χ1) is 15.0. The van der Waals surface area contributed by atoms with Gasteiger partial charge in [-0.25, -0.2) is 0 Å². The molecule has 0 saturated heterocycles. The number of aryl methyl sites for hydroxylation is 1. The van der Waals surface area contributed by atoms with Crippen LogP contribution in [0.25, 0.3) is 0 Å². The lowest BCUT2D eigenvalue weighted by Gasteiger charge is -2.29. The highest BCUT2D eigenvalue weighted by atomic mass is 16.5. The van der Waals surface area contributed by atoms with Crippen molar-refractivity contribution in [2.75, 3.05) is 13.7 Å². The second kappa shape index (κ2) is 10.8. The molecule has 0 heterocycles. The van der Waals surface area contributed by atoms with Gasteiger partial charge in [0, 0.05) is 12.6 Å². The van der Waals surface area contributed by atoms with Crippen molar-refractivity contribution in [1.29, 1.82) is 0 Å². The van der Waals surface area contributed by atoms with Gasteiger partial charge in [-0.05, 0) is 62.1 Å². The maximum absolute atomic E-state index is 13.1. The first kappa shape index (κ1) is 22.7. The van der Waals surface area contributed by atoms with Crippen LogP contribution in [0.5, 0.6) is 11.5 Å². The van der Waals surface area contributed by atoms with E-state index in [1.807, 2.05) is 55.5 Å². The number of methoxy groups -OCH3 is 1. The number of rotatable bonds is 9. The fourth-order valence-electron chi connectivity index (χ4n) is 3.88. The minimum Gasteiger partial charge on any atom is -0.497 e. The van der Waals surface area contributed by atoms with E-state index in [4.69, 9.17) is 9.47 Å². The molecule has 166 valence electrons. The van der Waals surface area contributed by atoms with E-state index in [0.29, 0.717) is 18.0 Å². The molecule has 1 N–H and O–H groups in total. The zero-order valence-electron chi connectivity index (χ0n) is 18.6. The highest BCUT2D eigenvalue weighted by Gasteiger charge is 2.28. The summed E-state index contributed by atoms with van der Waals surface area (Å²) in [6, 6.07) is 14.7. The van der Waals surface area contributed by atoms with Crippen LogP contribution in [0.3, 0.4) is 0 Å². The second-order valence-electron chi connectivity index (χ2n) is 8.14. The zero-order valence-corrected chi connectivity index (χ0v) is 18.6. The fourth-order valence-corrected chi connectivity index (χ4v) is 3.88. The van der Waals surface area contributed by atoms with Crippen LogP contribution in [-0.4, -0.2) is 42.5 Å². The highest BCUT2D eigenvalue weighted by molar-refractivity contribution is 5.88. The standard InChI is InChI=1S/C25H32N2O4/c1-18-8-6-13-23(14-18)31-17-24(28)27(16-20-9-7-12-22(15-20)30-3)19(2)25(29)26-21-10-4-5-11-21/h6-9,12-15,19,21H,4-5,10-11,16-17H2,1-3H3,(H,26,29)/t19-/m1/s1. The lowest BCUT2D eigenvalue weighted by Crippen LogP contribution is -2.50. The molecule has 1 aliphatic carbocycles. The van der Waals surface area contributed by atoms with Gasteiger partial charge in [0.1, 0.15) is 17.5 Å². The molecule has 0 aromatic heterocycles. The molecule has 3 rings (SSSR count). The molecule has 0 aliphatic heterocycles. The van der Waals surface area contributed by atoms with Gasteiger partial charge in [0.25, 0.3) is 5.91 Å². The van der Waals surface area contributed by atoms with Crippen molar-refractivity contribution in [3.8, 4) is 11.5 Å². The number of benzene rings is 2. The Kier molecular flexibility index (Phi) is 7.93. The number of carbonyl (C=O) groups is 2. The van der Waals surface area contributed by atoms with Crippen LogP contribution in [0, 0.1) is 6.92 Å². The Morgan fingerprint density at radius 2 is 1.81 bits per heavy atom. The van der Waals surface area contributed by atoms with E-state index in [2.05, 4.69) is 5.32 Å². The molecule has 0 bridgehead atoms. The number of hydrogen-bond acceptors (Lipinski definition) is 4. The van der Waals surface area contributed by atoms with Gasteiger partial charge in [0.2, 0.25) is 5.91 Å². The molecule has 6 heteroatoms. The van der Waals surface area contributed by atoms with Crippen LogP contribution in [0.15, 0.2) is 48.5 Å². The van der Waals surface area contributed by atoms with Gasteiger partial charge in [0.05, 0.1) is 7.11 Å². The summed E-state index contributed by atoms with van der Waals surface area (Å²) in [5, 5.41) is 3.11. The summed E-state index contributed by atoms with van der Waals surface area (Å²) < 4.78 is 11.0. The van der Waals surface area contributed by atoms with Crippen molar-refractivity contribution < 1.29 is 19.1 Å². The molecule has 1 saturated carbocycles. The monoisotopic (exact) mass is 424 g/mol. The van der Waals surface area contributed by atoms with Gasteiger partial charge in [-0.3, -0.25) is 9.59 Å². The normalized spacial score (nSPS) is 14.7. The van der Waals surface area contributed by atoms with E-state index in [-0.39, 0.29) is 24.5 Å². The molecule has 1 atom stereocenters. The van der Waals surface area contributed by atoms with Gasteiger partial charge >= 0.3 is 0 Å². The van der Waals surface area contributed by atoms with E-state index in [9.17, 15) is 9.59 Å². The van der Waals surface area contributed by atoms with Crippen molar-refractivity contribution in [1.82, 2.24) is 10.2 Å². The first-order valence-electron chi connectivity index (χ1n) is 10.9. The summed E-state index contributed by atoms with van der Waals surface area (Å²) in [7, 11) is 1.61. The Labute approximate surface area is 184 Å². The van der Waals surface area contributed by atoms with Crippen LogP contribution in [0.1, 0.15) is 43.7 Å². The second-order valence-corrected chi connectivity index (χ2v) is 8.14. The third-order valence-corrected chi connectivity index (χ3v) is 5.71. The first-order valence-corrected chi connectivity index (χ1v) is 10.9. The summed E-state index contributed by atoms with van der Waals surface area (Å²) in [5.41, 5.74) is 1.95. The third kappa shape index (κ3) is 6.48. The maximum atomic E-state index is 13.1. The lowest BCUT2D eigenvalue weighted by atomic mass is 10.1. The Hall–Kier alpha value is -3.02. The predicted molar refractivity (Wildman–Crippen MR) is 120 cm³/mol. The highest BCUT2D eigenvalue weighted by Crippen LogP contribution is 2.20. The Balaban J connectivity index is 1.72. The molecule has 2 aromatic carbocycles. The van der Waals surface area contributed by atoms with Crippen LogP contribution >= 0.6 is 0 Å². The zero-order chi connectivity index (χ0) is 22.2. The lowest BCUT2D eigenvalue weighted by molar-refractivity contribution is -0.142. The third-order valence-electron chi connectivity index (χ3n) is 5.71. The van der Waals surface area contributed by atoms with Crippen molar-refractivity contribution >= 4 is 11.8 Å². The van der Waals surface area contributed by atoms with Gasteiger partial charge in [-0.15, -0.1) is 0 Å². The molecule has 0 unspecified atom stereocenters. The number of ether oxygens (including phenoxy) is 2. The number of nitrogens with zero attached hydrogens (tertiary/aromatic N) is 1. The largest absolute Gasteiger partial charge is 0.497 e. The molecule has 1 fully saturated rings. The molecule has 2 aromatic rings. The topological polar surface area (TPSA) is 67.9 Å². The van der Waals surface area contributed by atoms with Gasteiger partial charge in [-0.2, -0.15) is 0 Å². The molecule has 0 radical (unpaired) electrons. The molecule has 1 aliphatic rings. The van der Waals surface area contributed by atoms with E-state index in [0.717, 1.165) is 36.8 Å². The van der Waals surface area contributed by atoms with Crippen LogP contribution in [0.4, 0.5) is 0 Å². The fraction of sp³-hybridized carbons (Fsp3) is 0.440. The van der Waals surface area contributed by atoms with Gasteiger partial charge < -0.3 is 19.7 Å². The quantitative estimate of drug-likeness (QED) is 0.664. The average Bonchev–Trinajstić information content (AvgIpc) is 3.28. The molecular formula is C25H32N2O4. The summed E-state index contributed by atoms with van der Waals surface area (Å²) in [6.45, 7) is 3.91. The van der Waals surface area contributed by atoms with Gasteiger partial charge in [0.15, 0.2) is 6.61 Å². The Morgan fingerprint density at radius 1 is 1.10 bits per heavy atom. The SMILES string of the molecule is COc1cccc(CN(C(=O)COc2cccc(C)c2)[C@H](C)C(=O)NC2CCCC2)c1. The number of nitrogens with one attached hydrogen (secondary N) is 1. The average molecular weight is 425 g/mol. The van der Waals surface area contributed by atoms with Crippen LogP contribution in [0.2, 0.25) is 0 Å². The van der Waals surface area contributed by atoms with E-state index >= 15 is 0 Å². The molecule has 31 heavy (non-hydrogen) atoms. The molecule has 0 spiro atoms. The number of hydrogen-bond donors (Lipinski definition) is 1.